The molecule has 1 aromatic heterocycles. The second-order valence-electron chi connectivity index (χ2n) is 6.63. The summed E-state index contributed by atoms with van der Waals surface area (Å²) in [5.41, 5.74) is 3.17. The molecule has 1 fully saturated rings. The summed E-state index contributed by atoms with van der Waals surface area (Å²) in [6.45, 7) is 3.65. The number of nitrogens with zero attached hydrogens (tertiary/aromatic N) is 3. The Morgan fingerprint density at radius 2 is 2.04 bits per heavy atom. The van der Waals surface area contributed by atoms with Gasteiger partial charge in [-0.1, -0.05) is 37.5 Å². The van der Waals surface area contributed by atoms with E-state index >= 15 is 0 Å². The minimum Gasteiger partial charge on any atom is -0.444 e. The molecule has 1 saturated carbocycles. The minimum absolute atomic E-state index is 0.568. The fraction of sp³-hybridized carbons (Fsp3) is 0.500. The molecule has 0 saturated heterocycles. The average molecular weight is 323 g/mol. The maximum absolute atomic E-state index is 8.95. The van der Waals surface area contributed by atoms with E-state index in [9.17, 15) is 0 Å². The Labute approximate surface area is 144 Å². The van der Waals surface area contributed by atoms with Crippen LogP contribution in [0.3, 0.4) is 0 Å². The zero-order valence-corrected chi connectivity index (χ0v) is 14.4. The van der Waals surface area contributed by atoms with E-state index in [-0.39, 0.29) is 0 Å². The lowest BCUT2D eigenvalue weighted by Crippen LogP contribution is -2.37. The van der Waals surface area contributed by atoms with E-state index < -0.39 is 0 Å². The summed E-state index contributed by atoms with van der Waals surface area (Å²) >= 11 is 0. The van der Waals surface area contributed by atoms with Crippen LogP contribution in [0.4, 0.5) is 0 Å². The Morgan fingerprint density at radius 3 is 2.79 bits per heavy atom. The first-order valence-electron chi connectivity index (χ1n) is 8.89. The molecule has 3 rings (SSSR count). The van der Waals surface area contributed by atoms with Crippen LogP contribution >= 0.6 is 0 Å². The van der Waals surface area contributed by atoms with E-state index in [4.69, 9.17) is 14.7 Å². The lowest BCUT2D eigenvalue weighted by molar-refractivity contribution is 0.149. The van der Waals surface area contributed by atoms with E-state index in [1.807, 2.05) is 18.2 Å². The number of benzene rings is 1. The number of aryl methyl sites for hydroxylation is 1. The van der Waals surface area contributed by atoms with Crippen LogP contribution in [-0.2, 0) is 6.54 Å². The Morgan fingerprint density at radius 1 is 1.25 bits per heavy atom. The SMILES string of the molecule is Cc1ccccc1-c1nc(CN(CCC#N)C2CCCCC2)co1. The van der Waals surface area contributed by atoms with Crippen molar-refractivity contribution in [3.8, 4) is 17.5 Å². The van der Waals surface area contributed by atoms with Gasteiger partial charge >= 0.3 is 0 Å². The van der Waals surface area contributed by atoms with Crippen LogP contribution in [0.2, 0.25) is 0 Å². The van der Waals surface area contributed by atoms with E-state index in [1.165, 1.54) is 37.7 Å². The van der Waals surface area contributed by atoms with Gasteiger partial charge in [-0.15, -0.1) is 0 Å². The van der Waals surface area contributed by atoms with Crippen LogP contribution in [0.25, 0.3) is 11.5 Å². The van der Waals surface area contributed by atoms with Crippen molar-refractivity contribution in [2.75, 3.05) is 6.54 Å². The highest BCUT2D eigenvalue weighted by Crippen LogP contribution is 2.26. The van der Waals surface area contributed by atoms with Gasteiger partial charge in [0.2, 0.25) is 5.89 Å². The average Bonchev–Trinajstić information content (AvgIpc) is 3.08. The molecule has 0 unspecified atom stereocenters. The number of nitriles is 1. The van der Waals surface area contributed by atoms with Gasteiger partial charge in [-0.3, -0.25) is 4.90 Å². The van der Waals surface area contributed by atoms with Crippen LogP contribution in [0.5, 0.6) is 0 Å². The molecule has 1 heterocycles. The standard InChI is InChI=1S/C20H25N3O/c1-16-8-5-6-11-19(16)20-22-17(15-24-20)14-23(13-7-12-21)18-9-3-2-4-10-18/h5-6,8,11,15,18H,2-4,7,9-10,13-14H2,1H3. The van der Waals surface area contributed by atoms with Crippen molar-refractivity contribution >= 4 is 0 Å². The minimum atomic E-state index is 0.568. The largest absolute Gasteiger partial charge is 0.444 e. The highest BCUT2D eigenvalue weighted by atomic mass is 16.3. The van der Waals surface area contributed by atoms with Gasteiger partial charge in [-0.2, -0.15) is 5.26 Å². The molecule has 0 radical (unpaired) electrons. The lowest BCUT2D eigenvalue weighted by Gasteiger charge is -2.33. The van der Waals surface area contributed by atoms with Crippen molar-refractivity contribution in [3.63, 3.8) is 0 Å². The molecule has 1 aliphatic carbocycles. The monoisotopic (exact) mass is 323 g/mol. The topological polar surface area (TPSA) is 53.1 Å². The highest BCUT2D eigenvalue weighted by Gasteiger charge is 2.22. The number of aromatic nitrogens is 1. The molecule has 0 aliphatic heterocycles. The molecule has 126 valence electrons. The smallest absolute Gasteiger partial charge is 0.226 e. The van der Waals surface area contributed by atoms with Gasteiger partial charge in [0.05, 0.1) is 11.8 Å². The molecule has 4 heteroatoms. The summed E-state index contributed by atoms with van der Waals surface area (Å²) in [5.74, 6) is 0.687. The van der Waals surface area contributed by atoms with Crippen molar-refractivity contribution in [2.45, 2.75) is 58.0 Å². The fourth-order valence-electron chi connectivity index (χ4n) is 3.55. The Hall–Kier alpha value is -2.12. The molecule has 1 aromatic carbocycles. The Kier molecular flexibility index (Phi) is 5.66. The van der Waals surface area contributed by atoms with Crippen LogP contribution in [0.1, 0.15) is 49.8 Å². The summed E-state index contributed by atoms with van der Waals surface area (Å²) in [7, 11) is 0. The van der Waals surface area contributed by atoms with Crippen LogP contribution in [0, 0.1) is 18.3 Å². The van der Waals surface area contributed by atoms with Crippen molar-refractivity contribution < 1.29 is 4.42 Å². The zero-order chi connectivity index (χ0) is 16.8. The molecule has 1 aliphatic rings. The molecule has 0 N–H and O–H groups in total. The first-order chi connectivity index (χ1) is 11.8. The van der Waals surface area contributed by atoms with Crippen LogP contribution < -0.4 is 0 Å². The molecule has 0 spiro atoms. The van der Waals surface area contributed by atoms with E-state index in [0.717, 1.165) is 24.3 Å². The second kappa shape index (κ2) is 8.12. The van der Waals surface area contributed by atoms with Crippen molar-refractivity contribution in [2.24, 2.45) is 0 Å². The van der Waals surface area contributed by atoms with Gasteiger partial charge in [-0.25, -0.2) is 4.98 Å². The quantitative estimate of drug-likeness (QED) is 0.773. The molecular formula is C20H25N3O. The molecule has 0 atom stereocenters. The molecular weight excluding hydrogens is 298 g/mol. The fourth-order valence-corrected chi connectivity index (χ4v) is 3.55. The summed E-state index contributed by atoms with van der Waals surface area (Å²) in [4.78, 5) is 7.11. The molecule has 24 heavy (non-hydrogen) atoms. The van der Waals surface area contributed by atoms with Gasteiger partial charge in [0, 0.05) is 31.1 Å². The van der Waals surface area contributed by atoms with Gasteiger partial charge in [-0.05, 0) is 31.4 Å². The van der Waals surface area contributed by atoms with E-state index in [0.29, 0.717) is 18.4 Å². The van der Waals surface area contributed by atoms with Gasteiger partial charge < -0.3 is 4.42 Å². The third kappa shape index (κ3) is 4.04. The predicted molar refractivity (Wildman–Crippen MR) is 94.2 cm³/mol. The Balaban J connectivity index is 1.73. The Bertz CT molecular complexity index is 695. The van der Waals surface area contributed by atoms with Gasteiger partial charge in [0.25, 0.3) is 0 Å². The first-order valence-corrected chi connectivity index (χ1v) is 8.89. The summed E-state index contributed by atoms with van der Waals surface area (Å²) in [6, 6.07) is 11.0. The van der Waals surface area contributed by atoms with Crippen LogP contribution in [-0.4, -0.2) is 22.5 Å². The number of hydrogen-bond acceptors (Lipinski definition) is 4. The third-order valence-electron chi connectivity index (χ3n) is 4.89. The summed E-state index contributed by atoms with van der Waals surface area (Å²) in [5, 5.41) is 8.95. The summed E-state index contributed by atoms with van der Waals surface area (Å²) < 4.78 is 5.72. The van der Waals surface area contributed by atoms with E-state index in [2.05, 4.69) is 24.0 Å². The predicted octanol–water partition coefficient (Wildman–Crippen LogP) is 4.70. The molecule has 2 aromatic rings. The second-order valence-corrected chi connectivity index (χ2v) is 6.63. The van der Waals surface area contributed by atoms with Gasteiger partial charge in [0.1, 0.15) is 6.26 Å². The lowest BCUT2D eigenvalue weighted by atomic mass is 9.94. The van der Waals surface area contributed by atoms with Crippen molar-refractivity contribution in [1.82, 2.24) is 9.88 Å². The van der Waals surface area contributed by atoms with Crippen molar-refractivity contribution in [1.29, 1.82) is 5.26 Å². The van der Waals surface area contributed by atoms with E-state index in [1.54, 1.807) is 6.26 Å². The molecule has 0 amide bonds. The first kappa shape index (κ1) is 16.7. The van der Waals surface area contributed by atoms with Crippen molar-refractivity contribution in [3.05, 3.63) is 41.8 Å². The molecule has 4 nitrogen and oxygen atoms in total. The van der Waals surface area contributed by atoms with Gasteiger partial charge in [0.15, 0.2) is 0 Å². The summed E-state index contributed by atoms with van der Waals surface area (Å²) in [6.07, 6.45) is 8.72. The van der Waals surface area contributed by atoms with Crippen LogP contribution in [0.15, 0.2) is 34.9 Å². The third-order valence-corrected chi connectivity index (χ3v) is 4.89. The number of rotatable bonds is 6. The number of hydrogen-bond donors (Lipinski definition) is 0. The zero-order valence-electron chi connectivity index (χ0n) is 14.4. The normalized spacial score (nSPS) is 15.5. The maximum Gasteiger partial charge on any atom is 0.226 e. The number of oxazole rings is 1. The maximum atomic E-state index is 8.95. The highest BCUT2D eigenvalue weighted by molar-refractivity contribution is 5.58. The molecule has 0 bridgehead atoms.